The van der Waals surface area contributed by atoms with E-state index in [-0.39, 0.29) is 5.92 Å². The van der Waals surface area contributed by atoms with Gasteiger partial charge in [0.2, 0.25) is 0 Å². The second-order valence-electron chi connectivity index (χ2n) is 3.60. The number of nitrogens with one attached hydrogen (secondary N) is 1. The number of aliphatic carboxylic acids is 1. The summed E-state index contributed by atoms with van der Waals surface area (Å²) in [5.41, 5.74) is 0. The van der Waals surface area contributed by atoms with Crippen molar-refractivity contribution in [3.63, 3.8) is 0 Å². The summed E-state index contributed by atoms with van der Waals surface area (Å²) in [6.07, 6.45) is 6.42. The third kappa shape index (κ3) is 4.60. The van der Waals surface area contributed by atoms with Gasteiger partial charge < -0.3 is 15.0 Å². The van der Waals surface area contributed by atoms with Crippen LogP contribution in [-0.4, -0.2) is 33.7 Å². The fourth-order valence-electron chi connectivity index (χ4n) is 1.21. The van der Waals surface area contributed by atoms with E-state index in [1.165, 1.54) is 0 Å². The van der Waals surface area contributed by atoms with Crippen molar-refractivity contribution in [2.75, 3.05) is 13.1 Å². The summed E-state index contributed by atoms with van der Waals surface area (Å²) in [7, 11) is 0. The quantitative estimate of drug-likeness (QED) is 0.647. The first-order chi connectivity index (χ1) is 7.20. The molecule has 0 aromatic carbocycles. The maximum atomic E-state index is 10.5. The summed E-state index contributed by atoms with van der Waals surface area (Å²) in [4.78, 5) is 14.4. The summed E-state index contributed by atoms with van der Waals surface area (Å²) in [5.74, 6) is -1.07. The minimum Gasteiger partial charge on any atom is -0.481 e. The number of carboxylic acid groups (broad SMARTS) is 1. The molecule has 0 aliphatic carbocycles. The number of aryl methyl sites for hydroxylation is 1. The Morgan fingerprint density at radius 2 is 2.47 bits per heavy atom. The Bertz CT molecular complexity index is 285. The number of hydrogen-bond donors (Lipinski definition) is 2. The Morgan fingerprint density at radius 3 is 3.07 bits per heavy atom. The summed E-state index contributed by atoms with van der Waals surface area (Å²) in [6, 6.07) is 0. The highest BCUT2D eigenvalue weighted by atomic mass is 16.4. The molecule has 1 rings (SSSR count). The molecule has 1 unspecified atom stereocenters. The number of hydrogen-bond acceptors (Lipinski definition) is 3. The lowest BCUT2D eigenvalue weighted by molar-refractivity contribution is -0.140. The molecule has 2 N–H and O–H groups in total. The Labute approximate surface area is 89.1 Å². The van der Waals surface area contributed by atoms with E-state index in [1.54, 1.807) is 19.4 Å². The summed E-state index contributed by atoms with van der Waals surface area (Å²) in [5, 5.41) is 11.8. The number of carboxylic acids is 1. The van der Waals surface area contributed by atoms with Crippen molar-refractivity contribution in [1.82, 2.24) is 14.9 Å². The van der Waals surface area contributed by atoms with Gasteiger partial charge in [0, 0.05) is 25.5 Å². The molecule has 15 heavy (non-hydrogen) atoms. The van der Waals surface area contributed by atoms with E-state index in [2.05, 4.69) is 10.3 Å². The maximum absolute atomic E-state index is 10.5. The van der Waals surface area contributed by atoms with Crippen LogP contribution in [0, 0.1) is 5.92 Å². The van der Waals surface area contributed by atoms with Gasteiger partial charge in [0.1, 0.15) is 0 Å². The first-order valence-electron chi connectivity index (χ1n) is 5.09. The standard InChI is InChI=1S/C10H17N3O2/c1-9(10(14)15)7-11-3-2-5-13-6-4-12-8-13/h4,6,8-9,11H,2-3,5,7H2,1H3,(H,14,15). The Morgan fingerprint density at radius 1 is 1.67 bits per heavy atom. The Hall–Kier alpha value is -1.36. The molecule has 0 radical (unpaired) electrons. The zero-order chi connectivity index (χ0) is 11.1. The van der Waals surface area contributed by atoms with E-state index < -0.39 is 5.97 Å². The van der Waals surface area contributed by atoms with Crippen LogP contribution in [0.2, 0.25) is 0 Å². The van der Waals surface area contributed by atoms with Crippen molar-refractivity contribution >= 4 is 5.97 Å². The summed E-state index contributed by atoms with van der Waals surface area (Å²) < 4.78 is 2.00. The van der Waals surface area contributed by atoms with Crippen molar-refractivity contribution in [3.05, 3.63) is 18.7 Å². The molecule has 84 valence electrons. The topological polar surface area (TPSA) is 67.2 Å². The molecule has 0 saturated carbocycles. The number of carbonyl (C=O) groups is 1. The van der Waals surface area contributed by atoms with Crippen LogP contribution in [0.1, 0.15) is 13.3 Å². The molecular formula is C10H17N3O2. The highest BCUT2D eigenvalue weighted by Gasteiger charge is 2.08. The summed E-state index contributed by atoms with van der Waals surface area (Å²) in [6.45, 7) is 3.97. The van der Waals surface area contributed by atoms with Crippen LogP contribution >= 0.6 is 0 Å². The van der Waals surface area contributed by atoms with Gasteiger partial charge in [0.05, 0.1) is 12.2 Å². The monoisotopic (exact) mass is 211 g/mol. The Balaban J connectivity index is 2.00. The second-order valence-corrected chi connectivity index (χ2v) is 3.60. The van der Waals surface area contributed by atoms with E-state index >= 15 is 0 Å². The minimum absolute atomic E-state index is 0.321. The molecule has 0 saturated heterocycles. The Kier molecular flexibility index (Phi) is 4.83. The number of nitrogens with zero attached hydrogens (tertiary/aromatic N) is 2. The molecule has 0 bridgehead atoms. The van der Waals surface area contributed by atoms with Crippen LogP contribution in [0.15, 0.2) is 18.7 Å². The third-order valence-electron chi connectivity index (χ3n) is 2.20. The van der Waals surface area contributed by atoms with Gasteiger partial charge in [0.15, 0.2) is 0 Å². The average molecular weight is 211 g/mol. The van der Waals surface area contributed by atoms with E-state index in [1.807, 2.05) is 10.8 Å². The lowest BCUT2D eigenvalue weighted by atomic mass is 10.2. The van der Waals surface area contributed by atoms with E-state index in [4.69, 9.17) is 5.11 Å². The predicted molar refractivity (Wildman–Crippen MR) is 56.5 cm³/mol. The van der Waals surface area contributed by atoms with Crippen molar-refractivity contribution in [2.45, 2.75) is 19.9 Å². The van der Waals surface area contributed by atoms with Crippen LogP contribution in [0.5, 0.6) is 0 Å². The highest BCUT2D eigenvalue weighted by molar-refractivity contribution is 5.69. The van der Waals surface area contributed by atoms with Crippen molar-refractivity contribution in [1.29, 1.82) is 0 Å². The third-order valence-corrected chi connectivity index (χ3v) is 2.20. The van der Waals surface area contributed by atoms with Crippen molar-refractivity contribution in [2.24, 2.45) is 5.92 Å². The molecule has 0 fully saturated rings. The predicted octanol–water partition coefficient (Wildman–Crippen LogP) is 0.583. The lowest BCUT2D eigenvalue weighted by Crippen LogP contribution is -2.27. The minimum atomic E-state index is -0.753. The second kappa shape index (κ2) is 6.19. The molecule has 1 aromatic heterocycles. The van der Waals surface area contributed by atoms with Crippen LogP contribution in [0.4, 0.5) is 0 Å². The molecule has 5 heteroatoms. The molecule has 0 spiro atoms. The van der Waals surface area contributed by atoms with Crippen LogP contribution in [-0.2, 0) is 11.3 Å². The smallest absolute Gasteiger partial charge is 0.307 e. The molecule has 0 aliphatic heterocycles. The van der Waals surface area contributed by atoms with Gasteiger partial charge in [0.25, 0.3) is 0 Å². The fourth-order valence-corrected chi connectivity index (χ4v) is 1.21. The van der Waals surface area contributed by atoms with Crippen molar-refractivity contribution in [3.8, 4) is 0 Å². The van der Waals surface area contributed by atoms with E-state index in [9.17, 15) is 4.79 Å². The van der Waals surface area contributed by atoms with Gasteiger partial charge in [-0.15, -0.1) is 0 Å². The number of rotatable bonds is 7. The van der Waals surface area contributed by atoms with Crippen LogP contribution < -0.4 is 5.32 Å². The van der Waals surface area contributed by atoms with E-state index in [0.29, 0.717) is 6.54 Å². The molecule has 1 heterocycles. The molecule has 1 aromatic rings. The molecule has 0 aliphatic rings. The maximum Gasteiger partial charge on any atom is 0.307 e. The first kappa shape index (κ1) is 11.7. The van der Waals surface area contributed by atoms with Gasteiger partial charge in [-0.3, -0.25) is 4.79 Å². The van der Waals surface area contributed by atoms with Gasteiger partial charge >= 0.3 is 5.97 Å². The van der Waals surface area contributed by atoms with Crippen LogP contribution in [0.3, 0.4) is 0 Å². The van der Waals surface area contributed by atoms with Gasteiger partial charge in [-0.2, -0.15) is 0 Å². The van der Waals surface area contributed by atoms with E-state index in [0.717, 1.165) is 19.5 Å². The zero-order valence-electron chi connectivity index (χ0n) is 8.89. The molecule has 5 nitrogen and oxygen atoms in total. The number of imidazole rings is 1. The summed E-state index contributed by atoms with van der Waals surface area (Å²) >= 11 is 0. The molecule has 0 amide bonds. The average Bonchev–Trinajstić information content (AvgIpc) is 2.69. The SMILES string of the molecule is CC(CNCCCn1ccnc1)C(=O)O. The highest BCUT2D eigenvalue weighted by Crippen LogP contribution is 1.92. The lowest BCUT2D eigenvalue weighted by Gasteiger charge is -2.08. The van der Waals surface area contributed by atoms with Gasteiger partial charge in [-0.05, 0) is 13.0 Å². The fraction of sp³-hybridized carbons (Fsp3) is 0.600. The molecule has 1 atom stereocenters. The largest absolute Gasteiger partial charge is 0.481 e. The zero-order valence-corrected chi connectivity index (χ0v) is 8.89. The van der Waals surface area contributed by atoms with Gasteiger partial charge in [-0.25, -0.2) is 4.98 Å². The number of aromatic nitrogens is 2. The first-order valence-corrected chi connectivity index (χ1v) is 5.09. The van der Waals surface area contributed by atoms with Crippen LogP contribution in [0.25, 0.3) is 0 Å². The van der Waals surface area contributed by atoms with Gasteiger partial charge in [-0.1, -0.05) is 6.92 Å². The molecular weight excluding hydrogens is 194 g/mol. The normalized spacial score (nSPS) is 12.6. The van der Waals surface area contributed by atoms with Crippen molar-refractivity contribution < 1.29 is 9.90 Å².